The molecule has 0 saturated heterocycles. The van der Waals surface area contributed by atoms with Gasteiger partial charge in [-0.25, -0.2) is 4.79 Å². The van der Waals surface area contributed by atoms with Gasteiger partial charge in [0, 0.05) is 5.39 Å². The molecule has 1 amide bonds. The van der Waals surface area contributed by atoms with Crippen molar-refractivity contribution >= 4 is 40.1 Å². The fraction of sp³-hybridized carbons (Fsp3) is 0.0588. The highest BCUT2D eigenvalue weighted by atomic mass is 35.5. The van der Waals surface area contributed by atoms with Crippen molar-refractivity contribution in [2.45, 2.75) is 0 Å². The van der Waals surface area contributed by atoms with E-state index in [1.54, 1.807) is 42.5 Å². The summed E-state index contributed by atoms with van der Waals surface area (Å²) in [5, 5.41) is 3.76. The van der Waals surface area contributed by atoms with Crippen molar-refractivity contribution in [1.82, 2.24) is 0 Å². The van der Waals surface area contributed by atoms with E-state index in [-0.39, 0.29) is 5.76 Å². The molecule has 0 saturated carbocycles. The number of hydrogen-bond acceptors (Lipinski definition) is 4. The minimum absolute atomic E-state index is 0.0525. The molecular weight excluding hydrogens is 318 g/mol. The zero-order valence-corrected chi connectivity index (χ0v) is 12.7. The number of anilines is 1. The molecule has 0 radical (unpaired) electrons. The molecule has 116 valence electrons. The number of benzene rings is 2. The van der Waals surface area contributed by atoms with E-state index in [4.69, 9.17) is 20.8 Å². The summed E-state index contributed by atoms with van der Waals surface area (Å²) in [4.78, 5) is 23.7. The molecular formula is C17H12ClNO4. The molecule has 0 aliphatic heterocycles. The lowest BCUT2D eigenvalue weighted by Crippen LogP contribution is -2.20. The maximum atomic E-state index is 11.9. The summed E-state index contributed by atoms with van der Waals surface area (Å²) >= 11 is 5.93. The van der Waals surface area contributed by atoms with Crippen molar-refractivity contribution in [3.05, 3.63) is 65.4 Å². The number of para-hydroxylation sites is 2. The van der Waals surface area contributed by atoms with Gasteiger partial charge in [-0.3, -0.25) is 4.79 Å². The van der Waals surface area contributed by atoms with Gasteiger partial charge in [0.05, 0.1) is 10.7 Å². The molecule has 0 bridgehead atoms. The number of fused-ring (bicyclic) bond motifs is 1. The Hall–Kier alpha value is -2.79. The number of amides is 1. The van der Waals surface area contributed by atoms with Crippen molar-refractivity contribution in [3.8, 4) is 0 Å². The van der Waals surface area contributed by atoms with E-state index in [9.17, 15) is 9.59 Å². The standard InChI is InChI=1S/C17H12ClNO4/c18-12-6-2-3-7-13(12)19-16(20)10-22-17(21)15-9-11-5-1-4-8-14(11)23-15/h1-9H,10H2,(H,19,20). The first-order valence-corrected chi connectivity index (χ1v) is 7.21. The van der Waals surface area contributed by atoms with E-state index in [0.717, 1.165) is 5.39 Å². The first-order chi connectivity index (χ1) is 11.1. The second-order valence-electron chi connectivity index (χ2n) is 4.75. The first-order valence-electron chi connectivity index (χ1n) is 6.83. The normalized spacial score (nSPS) is 10.5. The maximum absolute atomic E-state index is 11.9. The smallest absolute Gasteiger partial charge is 0.374 e. The molecule has 0 spiro atoms. The summed E-state index contributed by atoms with van der Waals surface area (Å²) in [6.45, 7) is -0.429. The molecule has 1 N–H and O–H groups in total. The molecule has 23 heavy (non-hydrogen) atoms. The summed E-state index contributed by atoms with van der Waals surface area (Å²) < 4.78 is 10.3. The molecule has 5 nitrogen and oxygen atoms in total. The van der Waals surface area contributed by atoms with E-state index < -0.39 is 18.5 Å². The molecule has 1 aromatic heterocycles. The third-order valence-electron chi connectivity index (χ3n) is 3.11. The summed E-state index contributed by atoms with van der Waals surface area (Å²) in [6.07, 6.45) is 0. The van der Waals surface area contributed by atoms with Crippen molar-refractivity contribution in [2.24, 2.45) is 0 Å². The molecule has 0 unspecified atom stereocenters. The second kappa shape index (κ2) is 6.54. The Kier molecular flexibility index (Phi) is 4.30. The van der Waals surface area contributed by atoms with E-state index >= 15 is 0 Å². The van der Waals surface area contributed by atoms with E-state index in [1.807, 2.05) is 12.1 Å². The van der Waals surface area contributed by atoms with Crippen LogP contribution in [-0.2, 0) is 9.53 Å². The monoisotopic (exact) mass is 329 g/mol. The fourth-order valence-electron chi connectivity index (χ4n) is 2.03. The zero-order chi connectivity index (χ0) is 16.2. The van der Waals surface area contributed by atoms with Gasteiger partial charge in [0.2, 0.25) is 5.76 Å². The predicted octanol–water partition coefficient (Wildman–Crippen LogP) is 3.88. The number of ether oxygens (including phenoxy) is 1. The number of carbonyl (C=O) groups is 2. The quantitative estimate of drug-likeness (QED) is 0.737. The molecule has 0 aliphatic carbocycles. The minimum atomic E-state index is -0.699. The highest BCUT2D eigenvalue weighted by molar-refractivity contribution is 6.33. The van der Waals surface area contributed by atoms with Crippen LogP contribution >= 0.6 is 11.6 Å². The van der Waals surface area contributed by atoms with Gasteiger partial charge in [-0.1, -0.05) is 41.9 Å². The van der Waals surface area contributed by atoms with E-state index in [2.05, 4.69) is 5.32 Å². The summed E-state index contributed by atoms with van der Waals surface area (Å²) in [6, 6.07) is 15.6. The third kappa shape index (κ3) is 3.52. The van der Waals surface area contributed by atoms with Gasteiger partial charge in [0.25, 0.3) is 5.91 Å². The average Bonchev–Trinajstić information content (AvgIpc) is 2.99. The number of carbonyl (C=O) groups excluding carboxylic acids is 2. The SMILES string of the molecule is O=C(COC(=O)c1cc2ccccc2o1)Nc1ccccc1Cl. The third-order valence-corrected chi connectivity index (χ3v) is 3.44. The van der Waals surface area contributed by atoms with Crippen LogP contribution in [0.25, 0.3) is 11.0 Å². The Morgan fingerprint density at radius 1 is 1.09 bits per heavy atom. The fourth-order valence-corrected chi connectivity index (χ4v) is 2.22. The summed E-state index contributed by atoms with van der Waals surface area (Å²) in [7, 11) is 0. The van der Waals surface area contributed by atoms with Crippen molar-refractivity contribution in [2.75, 3.05) is 11.9 Å². The zero-order valence-electron chi connectivity index (χ0n) is 11.9. The van der Waals surface area contributed by atoms with Crippen molar-refractivity contribution < 1.29 is 18.7 Å². The summed E-state index contributed by atoms with van der Waals surface area (Å²) in [5.41, 5.74) is 1.04. The lowest BCUT2D eigenvalue weighted by Gasteiger charge is -2.07. The number of nitrogens with one attached hydrogen (secondary N) is 1. The van der Waals surface area contributed by atoms with Gasteiger partial charge in [-0.2, -0.15) is 0 Å². The Morgan fingerprint density at radius 3 is 2.61 bits per heavy atom. The Labute approximate surface area is 136 Å². The van der Waals surface area contributed by atoms with Gasteiger partial charge in [-0.05, 0) is 24.3 Å². The molecule has 0 atom stereocenters. The largest absolute Gasteiger partial charge is 0.450 e. The Morgan fingerprint density at radius 2 is 1.83 bits per heavy atom. The lowest BCUT2D eigenvalue weighted by molar-refractivity contribution is -0.119. The average molecular weight is 330 g/mol. The van der Waals surface area contributed by atoms with Crippen LogP contribution in [0.3, 0.4) is 0 Å². The molecule has 6 heteroatoms. The predicted molar refractivity (Wildman–Crippen MR) is 86.6 cm³/mol. The second-order valence-corrected chi connectivity index (χ2v) is 5.16. The van der Waals surface area contributed by atoms with Gasteiger partial charge in [0.15, 0.2) is 6.61 Å². The molecule has 1 heterocycles. The van der Waals surface area contributed by atoms with Crippen molar-refractivity contribution in [1.29, 1.82) is 0 Å². The van der Waals surface area contributed by atoms with Crippen LogP contribution in [0, 0.1) is 0 Å². The van der Waals surface area contributed by atoms with Gasteiger partial charge in [0.1, 0.15) is 5.58 Å². The minimum Gasteiger partial charge on any atom is -0.450 e. The highest BCUT2D eigenvalue weighted by Crippen LogP contribution is 2.21. The number of rotatable bonds is 4. The van der Waals surface area contributed by atoms with Crippen LogP contribution in [0.15, 0.2) is 59.0 Å². The first kappa shape index (κ1) is 15.1. The van der Waals surface area contributed by atoms with Crippen LogP contribution in [-0.4, -0.2) is 18.5 Å². The van der Waals surface area contributed by atoms with Gasteiger partial charge < -0.3 is 14.5 Å². The number of furan rings is 1. The Bertz CT molecular complexity index is 839. The number of halogens is 1. The molecule has 3 aromatic rings. The highest BCUT2D eigenvalue weighted by Gasteiger charge is 2.15. The van der Waals surface area contributed by atoms with Gasteiger partial charge in [-0.15, -0.1) is 0 Å². The summed E-state index contributed by atoms with van der Waals surface area (Å²) in [5.74, 6) is -1.13. The maximum Gasteiger partial charge on any atom is 0.374 e. The van der Waals surface area contributed by atoms with Crippen LogP contribution in [0.5, 0.6) is 0 Å². The van der Waals surface area contributed by atoms with E-state index in [0.29, 0.717) is 16.3 Å². The van der Waals surface area contributed by atoms with Crippen LogP contribution in [0.1, 0.15) is 10.6 Å². The molecule has 0 fully saturated rings. The molecule has 3 rings (SSSR count). The van der Waals surface area contributed by atoms with Crippen molar-refractivity contribution in [3.63, 3.8) is 0 Å². The topological polar surface area (TPSA) is 68.5 Å². The van der Waals surface area contributed by atoms with Gasteiger partial charge >= 0.3 is 5.97 Å². The van der Waals surface area contributed by atoms with Crippen LogP contribution in [0.4, 0.5) is 5.69 Å². The van der Waals surface area contributed by atoms with Crippen LogP contribution in [0.2, 0.25) is 5.02 Å². The molecule has 0 aliphatic rings. The number of hydrogen-bond donors (Lipinski definition) is 1. The lowest BCUT2D eigenvalue weighted by atomic mass is 10.2. The number of esters is 1. The Balaban J connectivity index is 1.60. The van der Waals surface area contributed by atoms with E-state index in [1.165, 1.54) is 0 Å². The molecule has 2 aromatic carbocycles. The van der Waals surface area contributed by atoms with Crippen LogP contribution < -0.4 is 5.32 Å².